The Bertz CT molecular complexity index is 1110. The van der Waals surface area contributed by atoms with Gasteiger partial charge in [-0.2, -0.15) is 0 Å². The van der Waals surface area contributed by atoms with Gasteiger partial charge in [0, 0.05) is 22.7 Å². The molecule has 2 amide bonds. The van der Waals surface area contributed by atoms with E-state index in [-0.39, 0.29) is 17.9 Å². The first kappa shape index (κ1) is 19.4. The Morgan fingerprint density at radius 1 is 1.17 bits per heavy atom. The summed E-state index contributed by atoms with van der Waals surface area (Å²) in [5, 5.41) is 15.3. The highest BCUT2D eigenvalue weighted by molar-refractivity contribution is 6.31. The molecule has 2 unspecified atom stereocenters. The molecule has 0 radical (unpaired) electrons. The second-order valence-corrected chi connectivity index (χ2v) is 7.70. The molecule has 0 fully saturated rings. The Morgan fingerprint density at radius 2 is 1.86 bits per heavy atom. The molecule has 9 heteroatoms. The van der Waals surface area contributed by atoms with Crippen molar-refractivity contribution in [2.75, 3.05) is 10.6 Å². The predicted octanol–water partition coefficient (Wildman–Crippen LogP) is 4.24. The fraction of sp³-hybridized carbons (Fsp3) is 0.200. The molecule has 148 valence electrons. The number of hydrogen-bond donors (Lipinski definition) is 2. The number of halogens is 2. The van der Waals surface area contributed by atoms with Gasteiger partial charge in [0.1, 0.15) is 11.6 Å². The smallest absolute Gasteiger partial charge is 0.238 e. The molecule has 0 aliphatic carbocycles. The van der Waals surface area contributed by atoms with E-state index in [2.05, 4.69) is 20.9 Å². The summed E-state index contributed by atoms with van der Waals surface area (Å²) in [6.07, 6.45) is 0. The van der Waals surface area contributed by atoms with E-state index in [1.165, 1.54) is 6.92 Å². The SMILES string of the molecule is CC(=O)Nc1c(C2C(=O)Nc3ccc(Cl)cc32)nnn1C(C)c1ccc(Cl)cc1. The van der Waals surface area contributed by atoms with E-state index in [0.717, 1.165) is 5.56 Å². The van der Waals surface area contributed by atoms with E-state index in [1.807, 2.05) is 19.1 Å². The van der Waals surface area contributed by atoms with Crippen molar-refractivity contribution in [3.8, 4) is 0 Å². The maximum absolute atomic E-state index is 12.7. The van der Waals surface area contributed by atoms with E-state index in [1.54, 1.807) is 35.0 Å². The number of fused-ring (bicyclic) bond motifs is 1. The normalized spacial score (nSPS) is 16.3. The van der Waals surface area contributed by atoms with Crippen molar-refractivity contribution in [2.24, 2.45) is 0 Å². The van der Waals surface area contributed by atoms with E-state index in [4.69, 9.17) is 23.2 Å². The number of carbonyl (C=O) groups is 2. The van der Waals surface area contributed by atoms with Crippen molar-refractivity contribution >= 4 is 46.5 Å². The van der Waals surface area contributed by atoms with Gasteiger partial charge >= 0.3 is 0 Å². The molecule has 0 spiro atoms. The van der Waals surface area contributed by atoms with E-state index >= 15 is 0 Å². The fourth-order valence-corrected chi connectivity index (χ4v) is 3.75. The Kier molecular flexibility index (Phi) is 5.02. The van der Waals surface area contributed by atoms with Crippen LogP contribution in [-0.2, 0) is 9.59 Å². The molecule has 0 saturated heterocycles. The van der Waals surface area contributed by atoms with Gasteiger partial charge in [-0.05, 0) is 48.4 Å². The first-order chi connectivity index (χ1) is 13.8. The molecule has 0 saturated carbocycles. The molecule has 0 bridgehead atoms. The summed E-state index contributed by atoms with van der Waals surface area (Å²) in [4.78, 5) is 24.6. The summed E-state index contributed by atoms with van der Waals surface area (Å²) in [6, 6.07) is 12.2. The Balaban J connectivity index is 1.81. The number of aromatic nitrogens is 3. The average Bonchev–Trinajstić information content (AvgIpc) is 3.20. The van der Waals surface area contributed by atoms with Crippen LogP contribution >= 0.6 is 23.2 Å². The third-order valence-corrected chi connectivity index (χ3v) is 5.34. The van der Waals surface area contributed by atoms with Gasteiger partial charge < -0.3 is 10.6 Å². The van der Waals surface area contributed by atoms with Gasteiger partial charge in [-0.1, -0.05) is 40.5 Å². The number of benzene rings is 2. The summed E-state index contributed by atoms with van der Waals surface area (Å²) < 4.78 is 1.59. The topological polar surface area (TPSA) is 88.9 Å². The minimum atomic E-state index is -0.725. The van der Waals surface area contributed by atoms with Gasteiger partial charge in [0.25, 0.3) is 0 Å². The lowest BCUT2D eigenvalue weighted by atomic mass is 9.97. The number of rotatable bonds is 4. The molecule has 4 rings (SSSR count). The molecular weight excluding hydrogens is 413 g/mol. The molecule has 2 heterocycles. The lowest BCUT2D eigenvalue weighted by Gasteiger charge is -2.17. The van der Waals surface area contributed by atoms with Crippen molar-refractivity contribution in [3.63, 3.8) is 0 Å². The fourth-order valence-electron chi connectivity index (χ4n) is 3.45. The standard InChI is InChI=1S/C20H17Cl2N5O2/c1-10(12-3-5-13(21)6-4-12)27-19(23-11(2)28)18(25-26-27)17-15-9-14(22)7-8-16(15)24-20(17)29/h3-10,17H,1-2H3,(H,23,28)(H,24,29). The van der Waals surface area contributed by atoms with Gasteiger partial charge in [-0.3, -0.25) is 9.59 Å². The lowest BCUT2D eigenvalue weighted by molar-refractivity contribution is -0.116. The zero-order chi connectivity index (χ0) is 20.7. The van der Waals surface area contributed by atoms with Crippen molar-refractivity contribution < 1.29 is 9.59 Å². The number of nitrogens with one attached hydrogen (secondary N) is 2. The van der Waals surface area contributed by atoms with Crippen LogP contribution in [0, 0.1) is 0 Å². The largest absolute Gasteiger partial charge is 0.325 e. The van der Waals surface area contributed by atoms with Crippen LogP contribution in [0.2, 0.25) is 10.0 Å². The predicted molar refractivity (Wildman–Crippen MR) is 112 cm³/mol. The maximum Gasteiger partial charge on any atom is 0.238 e. The third kappa shape index (κ3) is 3.59. The van der Waals surface area contributed by atoms with Crippen molar-refractivity contribution in [1.29, 1.82) is 0 Å². The molecule has 2 atom stereocenters. The third-order valence-electron chi connectivity index (χ3n) is 4.85. The molecular formula is C20H17Cl2N5O2. The summed E-state index contributed by atoms with van der Waals surface area (Å²) in [7, 11) is 0. The Labute approximate surface area is 177 Å². The first-order valence-electron chi connectivity index (χ1n) is 8.93. The monoisotopic (exact) mass is 429 g/mol. The van der Waals surface area contributed by atoms with Crippen LogP contribution in [0.3, 0.4) is 0 Å². The van der Waals surface area contributed by atoms with Crippen LogP contribution in [-0.4, -0.2) is 26.8 Å². The second kappa shape index (κ2) is 7.50. The van der Waals surface area contributed by atoms with Crippen LogP contribution in [0.1, 0.15) is 42.6 Å². The zero-order valence-corrected chi connectivity index (χ0v) is 17.1. The summed E-state index contributed by atoms with van der Waals surface area (Å²) in [5.74, 6) is -0.896. The first-order valence-corrected chi connectivity index (χ1v) is 9.69. The van der Waals surface area contributed by atoms with Crippen LogP contribution in [0.4, 0.5) is 11.5 Å². The number of hydrogen-bond acceptors (Lipinski definition) is 4. The molecule has 2 aromatic carbocycles. The Morgan fingerprint density at radius 3 is 2.55 bits per heavy atom. The number of nitrogens with zero attached hydrogens (tertiary/aromatic N) is 3. The maximum atomic E-state index is 12.7. The van der Waals surface area contributed by atoms with Crippen LogP contribution < -0.4 is 10.6 Å². The van der Waals surface area contributed by atoms with Crippen molar-refractivity contribution in [3.05, 3.63) is 69.3 Å². The van der Waals surface area contributed by atoms with Crippen molar-refractivity contribution in [1.82, 2.24) is 15.0 Å². The average molecular weight is 430 g/mol. The van der Waals surface area contributed by atoms with Crippen molar-refractivity contribution in [2.45, 2.75) is 25.8 Å². The molecule has 1 aromatic heterocycles. The summed E-state index contributed by atoms with van der Waals surface area (Å²) in [6.45, 7) is 3.32. The van der Waals surface area contributed by atoms with Gasteiger partial charge in [-0.25, -0.2) is 4.68 Å². The van der Waals surface area contributed by atoms with Crippen LogP contribution in [0.15, 0.2) is 42.5 Å². The number of amides is 2. The quantitative estimate of drug-likeness (QED) is 0.648. The summed E-state index contributed by atoms with van der Waals surface area (Å²) in [5.41, 5.74) is 2.65. The molecule has 29 heavy (non-hydrogen) atoms. The van der Waals surface area contributed by atoms with Crippen LogP contribution in [0.5, 0.6) is 0 Å². The summed E-state index contributed by atoms with van der Waals surface area (Å²) >= 11 is 12.1. The Hall–Kier alpha value is -2.90. The molecule has 2 N–H and O–H groups in total. The highest BCUT2D eigenvalue weighted by atomic mass is 35.5. The van der Waals surface area contributed by atoms with Gasteiger partial charge in [0.2, 0.25) is 11.8 Å². The highest BCUT2D eigenvalue weighted by Crippen LogP contribution is 2.41. The molecule has 7 nitrogen and oxygen atoms in total. The molecule has 1 aliphatic rings. The van der Waals surface area contributed by atoms with Gasteiger partial charge in [0.15, 0.2) is 5.82 Å². The van der Waals surface area contributed by atoms with Gasteiger partial charge in [-0.15, -0.1) is 5.10 Å². The minimum absolute atomic E-state index is 0.250. The molecule has 1 aliphatic heterocycles. The minimum Gasteiger partial charge on any atom is -0.325 e. The molecule has 3 aromatic rings. The van der Waals surface area contributed by atoms with Gasteiger partial charge in [0.05, 0.1) is 6.04 Å². The van der Waals surface area contributed by atoms with E-state index in [0.29, 0.717) is 32.8 Å². The highest BCUT2D eigenvalue weighted by Gasteiger charge is 2.37. The number of carbonyl (C=O) groups excluding carboxylic acids is 2. The second-order valence-electron chi connectivity index (χ2n) is 6.83. The van der Waals surface area contributed by atoms with Crippen LogP contribution in [0.25, 0.3) is 0 Å². The van der Waals surface area contributed by atoms with E-state index < -0.39 is 5.92 Å². The van der Waals surface area contributed by atoms with E-state index in [9.17, 15) is 9.59 Å². The zero-order valence-electron chi connectivity index (χ0n) is 15.6. The number of anilines is 2. The lowest BCUT2D eigenvalue weighted by Crippen LogP contribution is -2.19.